The summed E-state index contributed by atoms with van der Waals surface area (Å²) in [6.07, 6.45) is -3.56. The molecule has 5 nitrogen and oxygen atoms in total. The topological polar surface area (TPSA) is 70.5 Å². The number of alkyl halides is 3. The Labute approximate surface area is 148 Å². The van der Waals surface area contributed by atoms with E-state index in [0.29, 0.717) is 0 Å². The fourth-order valence-electron chi connectivity index (χ4n) is 2.84. The fourth-order valence-corrected chi connectivity index (χ4v) is 3.75. The van der Waals surface area contributed by atoms with Gasteiger partial charge in [-0.25, -0.2) is 9.37 Å². The Hall–Kier alpha value is -2.49. The van der Waals surface area contributed by atoms with Crippen LogP contribution in [-0.4, -0.2) is 46.1 Å². The molecule has 1 aromatic carbocycles. The molecule has 2 aromatic rings. The monoisotopic (exact) mass is 388 g/mol. The van der Waals surface area contributed by atoms with Crippen LogP contribution in [0.2, 0.25) is 0 Å². The molecule has 26 heavy (non-hydrogen) atoms. The maximum absolute atomic E-state index is 13.8. The van der Waals surface area contributed by atoms with E-state index in [1.807, 2.05) is 0 Å². The number of thiazole rings is 1. The summed E-state index contributed by atoms with van der Waals surface area (Å²) < 4.78 is 52.9. The van der Waals surface area contributed by atoms with Crippen molar-refractivity contribution in [1.82, 2.24) is 9.88 Å². The van der Waals surface area contributed by atoms with E-state index in [-0.39, 0.29) is 15.4 Å². The first kappa shape index (κ1) is 18.3. The molecule has 0 bridgehead atoms. The summed E-state index contributed by atoms with van der Waals surface area (Å²) in [5, 5.41) is 9.23. The van der Waals surface area contributed by atoms with Crippen molar-refractivity contribution in [3.05, 3.63) is 41.2 Å². The van der Waals surface area contributed by atoms with Crippen molar-refractivity contribution in [3.63, 3.8) is 0 Å². The smallest absolute Gasteiger partial charge is 0.394 e. The quantitative estimate of drug-likeness (QED) is 0.820. The Morgan fingerprint density at radius 2 is 1.92 bits per heavy atom. The molecule has 1 fully saturated rings. The Morgan fingerprint density at radius 3 is 2.50 bits per heavy atom. The molecule has 1 saturated heterocycles. The molecule has 138 valence electrons. The third-order valence-corrected chi connectivity index (χ3v) is 5.18. The molecule has 0 saturated carbocycles. The minimum atomic E-state index is -4.72. The summed E-state index contributed by atoms with van der Waals surface area (Å²) in [7, 11) is 0. The number of carboxylic acid groups (broad SMARTS) is 1. The minimum absolute atomic E-state index is 0.0233. The zero-order valence-corrected chi connectivity index (χ0v) is 13.9. The van der Waals surface area contributed by atoms with Gasteiger partial charge in [0.15, 0.2) is 0 Å². The van der Waals surface area contributed by atoms with Gasteiger partial charge in [-0.15, -0.1) is 11.3 Å². The van der Waals surface area contributed by atoms with E-state index in [1.165, 1.54) is 18.2 Å². The number of carbonyl (C=O) groups excluding carboxylic acids is 1. The summed E-state index contributed by atoms with van der Waals surface area (Å²) in [6.45, 7) is -1.27. The summed E-state index contributed by atoms with van der Waals surface area (Å²) in [6, 6.07) is 5.78. The lowest BCUT2D eigenvalue weighted by atomic mass is 9.96. The molecule has 10 heteroatoms. The van der Waals surface area contributed by atoms with E-state index < -0.39 is 48.8 Å². The molecule has 1 aromatic heterocycles. The van der Waals surface area contributed by atoms with E-state index >= 15 is 0 Å². The van der Waals surface area contributed by atoms with Crippen LogP contribution in [0.15, 0.2) is 30.5 Å². The van der Waals surface area contributed by atoms with Crippen LogP contribution in [0.4, 0.5) is 17.6 Å². The molecule has 1 aliphatic heterocycles. The molecule has 2 atom stereocenters. The van der Waals surface area contributed by atoms with E-state index in [1.54, 1.807) is 6.07 Å². The first-order valence-electron chi connectivity index (χ1n) is 7.48. The lowest BCUT2D eigenvalue weighted by Gasteiger charge is -2.18. The van der Waals surface area contributed by atoms with Crippen LogP contribution in [0.3, 0.4) is 0 Å². The number of amides is 1. The van der Waals surface area contributed by atoms with Gasteiger partial charge in [0.1, 0.15) is 15.7 Å². The van der Waals surface area contributed by atoms with Crippen LogP contribution in [0, 0.1) is 17.7 Å². The summed E-state index contributed by atoms with van der Waals surface area (Å²) in [4.78, 5) is 28.4. The second-order valence-corrected chi connectivity index (χ2v) is 6.84. The number of aromatic nitrogens is 1. The Morgan fingerprint density at radius 1 is 1.23 bits per heavy atom. The van der Waals surface area contributed by atoms with Gasteiger partial charge in [0.05, 0.1) is 18.0 Å². The molecule has 1 amide bonds. The summed E-state index contributed by atoms with van der Waals surface area (Å²) >= 11 is 0.842. The largest absolute Gasteiger partial charge is 0.481 e. The zero-order valence-electron chi connectivity index (χ0n) is 13.0. The van der Waals surface area contributed by atoms with Gasteiger partial charge in [-0.3, -0.25) is 9.59 Å². The van der Waals surface area contributed by atoms with Crippen molar-refractivity contribution in [1.29, 1.82) is 0 Å². The van der Waals surface area contributed by atoms with Crippen molar-refractivity contribution < 1.29 is 32.3 Å². The molecule has 0 radical (unpaired) electrons. The number of likely N-dealkylation sites (tertiary alicyclic amines) is 1. The average Bonchev–Trinajstić information content (AvgIpc) is 3.22. The third kappa shape index (κ3) is 3.41. The van der Waals surface area contributed by atoms with Crippen molar-refractivity contribution in [3.8, 4) is 10.6 Å². The highest BCUT2D eigenvalue weighted by atomic mass is 32.1. The number of hydrogen-bond donors (Lipinski definition) is 1. The van der Waals surface area contributed by atoms with Crippen LogP contribution in [0.1, 0.15) is 9.67 Å². The third-order valence-electron chi connectivity index (χ3n) is 4.17. The molecule has 3 rings (SSSR count). The maximum atomic E-state index is 13.8. The fraction of sp³-hybridized carbons (Fsp3) is 0.312. The lowest BCUT2D eigenvalue weighted by Crippen LogP contribution is -2.34. The molecular formula is C16H12F4N2O3S. The van der Waals surface area contributed by atoms with Crippen molar-refractivity contribution in [2.45, 2.75) is 6.18 Å². The number of benzene rings is 1. The Balaban J connectivity index is 1.82. The van der Waals surface area contributed by atoms with E-state index in [4.69, 9.17) is 5.11 Å². The van der Waals surface area contributed by atoms with Crippen LogP contribution < -0.4 is 0 Å². The molecule has 0 unspecified atom stereocenters. The molecule has 1 N–H and O–H groups in total. The number of nitrogens with zero attached hydrogens (tertiary/aromatic N) is 2. The first-order valence-corrected chi connectivity index (χ1v) is 8.29. The average molecular weight is 388 g/mol. The highest BCUT2D eigenvalue weighted by molar-refractivity contribution is 7.16. The first-order chi connectivity index (χ1) is 12.2. The predicted molar refractivity (Wildman–Crippen MR) is 84.1 cm³/mol. The van der Waals surface area contributed by atoms with Crippen LogP contribution in [-0.2, 0) is 4.79 Å². The highest BCUT2D eigenvalue weighted by Gasteiger charge is 2.53. The number of carboxylic acids is 1. The molecule has 0 aliphatic carbocycles. The highest BCUT2D eigenvalue weighted by Crippen LogP contribution is 2.38. The second-order valence-electron chi connectivity index (χ2n) is 5.81. The number of hydrogen-bond acceptors (Lipinski definition) is 4. The number of halogens is 4. The van der Waals surface area contributed by atoms with Gasteiger partial charge in [-0.2, -0.15) is 13.2 Å². The Kier molecular flexibility index (Phi) is 4.70. The lowest BCUT2D eigenvalue weighted by molar-refractivity contribution is -0.187. The van der Waals surface area contributed by atoms with Crippen molar-refractivity contribution in [2.24, 2.45) is 11.8 Å². The number of rotatable bonds is 3. The maximum Gasteiger partial charge on any atom is 0.394 e. The summed E-state index contributed by atoms with van der Waals surface area (Å²) in [5.41, 5.74) is 0.176. The van der Waals surface area contributed by atoms with E-state index in [0.717, 1.165) is 22.4 Å². The molecule has 2 heterocycles. The molecule has 1 aliphatic rings. The van der Waals surface area contributed by atoms with Gasteiger partial charge in [-0.05, 0) is 12.1 Å². The van der Waals surface area contributed by atoms with Gasteiger partial charge in [0, 0.05) is 18.7 Å². The normalized spacial score (nSPS) is 20.4. The number of carbonyl (C=O) groups is 2. The van der Waals surface area contributed by atoms with E-state index in [2.05, 4.69) is 4.98 Å². The zero-order chi connectivity index (χ0) is 19.1. The van der Waals surface area contributed by atoms with Crippen LogP contribution in [0.25, 0.3) is 10.6 Å². The second kappa shape index (κ2) is 6.67. The SMILES string of the molecule is O=C(O)[C@@H]1CN(C(=O)c2cnc(-c3ccccc3F)s2)C[C@H]1C(F)(F)F. The van der Waals surface area contributed by atoms with Crippen LogP contribution in [0.5, 0.6) is 0 Å². The van der Waals surface area contributed by atoms with Gasteiger partial charge < -0.3 is 10.0 Å². The van der Waals surface area contributed by atoms with Gasteiger partial charge >= 0.3 is 12.1 Å². The van der Waals surface area contributed by atoms with Gasteiger partial charge in [0.2, 0.25) is 0 Å². The van der Waals surface area contributed by atoms with Gasteiger partial charge in [0.25, 0.3) is 5.91 Å². The van der Waals surface area contributed by atoms with Crippen molar-refractivity contribution >= 4 is 23.2 Å². The van der Waals surface area contributed by atoms with Crippen LogP contribution >= 0.6 is 11.3 Å². The summed E-state index contributed by atoms with van der Waals surface area (Å²) in [5.74, 6) is -6.71. The van der Waals surface area contributed by atoms with Gasteiger partial charge in [-0.1, -0.05) is 12.1 Å². The minimum Gasteiger partial charge on any atom is -0.481 e. The predicted octanol–water partition coefficient (Wildman–Crippen LogP) is 3.28. The Bertz CT molecular complexity index is 852. The molecule has 0 spiro atoms. The standard InChI is InChI=1S/C16H12F4N2O3S/c17-11-4-2-1-3-8(11)13-21-5-12(26-13)14(23)22-6-9(15(24)25)10(7-22)16(18,19)20/h1-5,9-10H,6-7H2,(H,24,25)/t9-,10-/m1/s1. The van der Waals surface area contributed by atoms with Crippen molar-refractivity contribution in [2.75, 3.05) is 13.1 Å². The van der Waals surface area contributed by atoms with E-state index in [9.17, 15) is 27.2 Å². The molecular weight excluding hydrogens is 376 g/mol. The number of aliphatic carboxylic acids is 1.